The first kappa shape index (κ1) is 21.8. The fourth-order valence-electron chi connectivity index (χ4n) is 4.34. The van der Waals surface area contributed by atoms with Crippen molar-refractivity contribution in [3.8, 4) is 11.8 Å². The van der Waals surface area contributed by atoms with E-state index in [0.717, 1.165) is 42.4 Å². The molecule has 2 aliphatic rings. The Hall–Kier alpha value is -2.39. The minimum atomic E-state index is -0.534. The van der Waals surface area contributed by atoms with Gasteiger partial charge in [0.25, 0.3) is 0 Å². The van der Waals surface area contributed by atoms with Gasteiger partial charge in [-0.3, -0.25) is 0 Å². The van der Waals surface area contributed by atoms with Crippen molar-refractivity contribution in [3.63, 3.8) is 0 Å². The monoisotopic (exact) mass is 421 g/mol. The molecule has 5 nitrogen and oxygen atoms in total. The number of hydrogen-bond donors (Lipinski definition) is 2. The number of aliphatic hydroxyl groups is 2. The lowest BCUT2D eigenvalue weighted by Crippen LogP contribution is -2.34. The molecule has 1 aliphatic carbocycles. The van der Waals surface area contributed by atoms with Gasteiger partial charge < -0.3 is 19.7 Å². The van der Waals surface area contributed by atoms with Crippen molar-refractivity contribution in [1.29, 1.82) is 5.26 Å². The first-order valence-electron chi connectivity index (χ1n) is 11.3. The lowest BCUT2D eigenvalue weighted by molar-refractivity contribution is -0.114. The van der Waals surface area contributed by atoms with E-state index in [1.807, 2.05) is 12.1 Å². The number of nitrogens with zero attached hydrogens (tertiary/aromatic N) is 1. The molecule has 3 atom stereocenters. The van der Waals surface area contributed by atoms with Crippen LogP contribution in [-0.4, -0.2) is 35.1 Å². The van der Waals surface area contributed by atoms with Crippen LogP contribution < -0.4 is 4.74 Å². The zero-order valence-corrected chi connectivity index (χ0v) is 18.1. The summed E-state index contributed by atoms with van der Waals surface area (Å²) < 4.78 is 12.3. The molecule has 1 saturated carbocycles. The number of rotatable bonds is 7. The van der Waals surface area contributed by atoms with Crippen molar-refractivity contribution in [2.24, 2.45) is 0 Å². The molecule has 2 N–H and O–H groups in total. The van der Waals surface area contributed by atoms with Gasteiger partial charge in [0.1, 0.15) is 5.75 Å². The molecule has 4 rings (SSSR count). The van der Waals surface area contributed by atoms with Gasteiger partial charge in [-0.1, -0.05) is 31.2 Å². The van der Waals surface area contributed by atoms with Gasteiger partial charge in [-0.2, -0.15) is 5.26 Å². The topological polar surface area (TPSA) is 82.7 Å². The molecule has 0 aromatic heterocycles. The lowest BCUT2D eigenvalue weighted by Gasteiger charge is -2.35. The third-order valence-corrected chi connectivity index (χ3v) is 6.46. The van der Waals surface area contributed by atoms with Crippen LogP contribution in [0.5, 0.6) is 5.75 Å². The van der Waals surface area contributed by atoms with Gasteiger partial charge in [0.15, 0.2) is 0 Å². The van der Waals surface area contributed by atoms with Gasteiger partial charge in [0.2, 0.25) is 0 Å². The summed E-state index contributed by atoms with van der Waals surface area (Å²) in [4.78, 5) is 0. The Balaban J connectivity index is 1.69. The van der Waals surface area contributed by atoms with Crippen LogP contribution in [0.1, 0.15) is 72.9 Å². The molecule has 3 unspecified atom stereocenters. The maximum atomic E-state index is 10.3. The van der Waals surface area contributed by atoms with Gasteiger partial charge in [0, 0.05) is 18.4 Å². The minimum Gasteiger partial charge on any atom is -0.490 e. The van der Waals surface area contributed by atoms with Gasteiger partial charge in [-0.25, -0.2) is 0 Å². The number of aliphatic hydroxyl groups excluding tert-OH is 2. The van der Waals surface area contributed by atoms with Crippen LogP contribution in [0.3, 0.4) is 0 Å². The molecule has 1 aliphatic heterocycles. The number of benzene rings is 2. The molecule has 31 heavy (non-hydrogen) atoms. The van der Waals surface area contributed by atoms with Crippen LogP contribution in [-0.2, 0) is 17.6 Å². The predicted molar refractivity (Wildman–Crippen MR) is 118 cm³/mol. The van der Waals surface area contributed by atoms with Crippen LogP contribution in [0.2, 0.25) is 0 Å². The summed E-state index contributed by atoms with van der Waals surface area (Å²) in [5, 5.41) is 29.8. The Labute approximate surface area is 184 Å². The molecule has 0 radical (unpaired) electrons. The number of nitriles is 1. The second kappa shape index (κ2) is 9.82. The summed E-state index contributed by atoms with van der Waals surface area (Å²) in [6.45, 7) is 2.01. The summed E-state index contributed by atoms with van der Waals surface area (Å²) >= 11 is 0. The first-order chi connectivity index (χ1) is 15.1. The predicted octanol–water partition coefficient (Wildman–Crippen LogP) is 4.22. The quantitative estimate of drug-likeness (QED) is 0.700. The number of hydrogen-bond acceptors (Lipinski definition) is 5. The average Bonchev–Trinajstić information content (AvgIpc) is 2.76. The lowest BCUT2D eigenvalue weighted by atomic mass is 9.90. The van der Waals surface area contributed by atoms with E-state index in [2.05, 4.69) is 37.3 Å². The van der Waals surface area contributed by atoms with Crippen molar-refractivity contribution in [3.05, 3.63) is 64.2 Å². The Morgan fingerprint density at radius 1 is 1.13 bits per heavy atom. The summed E-state index contributed by atoms with van der Waals surface area (Å²) in [7, 11) is 0. The first-order valence-corrected chi connectivity index (χ1v) is 11.3. The molecule has 0 amide bonds. The Bertz CT molecular complexity index is 930. The minimum absolute atomic E-state index is 0.126. The highest BCUT2D eigenvalue weighted by Gasteiger charge is 2.32. The Morgan fingerprint density at radius 3 is 2.48 bits per heavy atom. The van der Waals surface area contributed by atoms with Gasteiger partial charge in [0.05, 0.1) is 42.7 Å². The molecule has 5 heteroatoms. The maximum Gasteiger partial charge on any atom is 0.126 e. The normalized spacial score (nSPS) is 23.7. The van der Waals surface area contributed by atoms with Crippen LogP contribution >= 0.6 is 0 Å². The highest BCUT2D eigenvalue weighted by Crippen LogP contribution is 2.40. The molecule has 164 valence electrons. The molecule has 0 bridgehead atoms. The average molecular weight is 422 g/mol. The second-order valence-corrected chi connectivity index (χ2v) is 8.73. The third-order valence-electron chi connectivity index (χ3n) is 6.46. The van der Waals surface area contributed by atoms with Crippen molar-refractivity contribution < 1.29 is 19.7 Å². The molecule has 1 saturated heterocycles. The second-order valence-electron chi connectivity index (χ2n) is 8.73. The van der Waals surface area contributed by atoms with Gasteiger partial charge >= 0.3 is 0 Å². The van der Waals surface area contributed by atoms with Gasteiger partial charge in [-0.15, -0.1) is 0 Å². The van der Waals surface area contributed by atoms with Crippen molar-refractivity contribution in [2.75, 3.05) is 6.61 Å². The van der Waals surface area contributed by atoms with E-state index in [-0.39, 0.29) is 18.8 Å². The summed E-state index contributed by atoms with van der Waals surface area (Å²) in [5.74, 6) is 0.669. The van der Waals surface area contributed by atoms with E-state index >= 15 is 0 Å². The number of aryl methyl sites for hydroxylation is 1. The zero-order valence-electron chi connectivity index (χ0n) is 18.1. The van der Waals surface area contributed by atoms with Crippen LogP contribution in [0.15, 0.2) is 36.4 Å². The smallest absolute Gasteiger partial charge is 0.126 e. The highest BCUT2D eigenvalue weighted by atomic mass is 16.5. The summed E-state index contributed by atoms with van der Waals surface area (Å²) in [6, 6.07) is 14.7. The van der Waals surface area contributed by atoms with E-state index in [4.69, 9.17) is 9.47 Å². The highest BCUT2D eigenvalue weighted by molar-refractivity contribution is 5.51. The standard InChI is InChI=1S/C26H31NO4/c1-2-17-6-8-18(9-7-17)10-19-11-24(26-14-21(29)13-23(16-28)31-26)25(12-20(19)15-27)30-22-4-3-5-22/h6-9,11-12,21-23,26,28-29H,2-5,10,13-14,16H2,1H3. The fraction of sp³-hybridized carbons (Fsp3) is 0.500. The van der Waals surface area contributed by atoms with E-state index in [0.29, 0.717) is 30.6 Å². The molecule has 0 spiro atoms. The van der Waals surface area contributed by atoms with E-state index in [1.54, 1.807) is 0 Å². The summed E-state index contributed by atoms with van der Waals surface area (Å²) in [6.07, 6.45) is 4.57. The maximum absolute atomic E-state index is 10.3. The van der Waals surface area contributed by atoms with Crippen molar-refractivity contribution in [2.45, 2.75) is 76.3 Å². The molecule has 1 heterocycles. The Morgan fingerprint density at radius 2 is 1.87 bits per heavy atom. The molecule has 2 fully saturated rings. The van der Waals surface area contributed by atoms with Crippen LogP contribution in [0, 0.1) is 11.3 Å². The molecule has 2 aromatic rings. The van der Waals surface area contributed by atoms with Gasteiger partial charge in [-0.05, 0) is 60.9 Å². The SMILES string of the molecule is CCc1ccc(Cc2cc(C3CC(O)CC(CO)O3)c(OC3CCC3)cc2C#N)cc1. The van der Waals surface area contributed by atoms with E-state index in [1.165, 1.54) is 5.56 Å². The van der Waals surface area contributed by atoms with Crippen molar-refractivity contribution >= 4 is 0 Å². The van der Waals surface area contributed by atoms with E-state index < -0.39 is 12.2 Å². The van der Waals surface area contributed by atoms with Crippen molar-refractivity contribution in [1.82, 2.24) is 0 Å². The van der Waals surface area contributed by atoms with Crippen LogP contribution in [0.25, 0.3) is 0 Å². The fourth-order valence-corrected chi connectivity index (χ4v) is 4.34. The molecule has 2 aromatic carbocycles. The molecular formula is C26H31NO4. The number of ether oxygens (including phenoxy) is 2. The molecular weight excluding hydrogens is 390 g/mol. The zero-order chi connectivity index (χ0) is 21.8. The third kappa shape index (κ3) is 5.10. The largest absolute Gasteiger partial charge is 0.490 e. The van der Waals surface area contributed by atoms with E-state index in [9.17, 15) is 15.5 Å². The summed E-state index contributed by atoms with van der Waals surface area (Å²) in [5.41, 5.74) is 4.82. The van der Waals surface area contributed by atoms with Crippen LogP contribution in [0.4, 0.5) is 0 Å². The Kier molecular flexibility index (Phi) is 6.92.